The van der Waals surface area contributed by atoms with Gasteiger partial charge in [-0.3, -0.25) is 4.99 Å². The van der Waals surface area contributed by atoms with Gasteiger partial charge in [0.15, 0.2) is 5.96 Å². The summed E-state index contributed by atoms with van der Waals surface area (Å²) in [6, 6.07) is 3.52. The first-order valence-corrected chi connectivity index (χ1v) is 8.15. The third-order valence-corrected chi connectivity index (χ3v) is 4.31. The van der Waals surface area contributed by atoms with Gasteiger partial charge in [0.1, 0.15) is 11.6 Å². The highest BCUT2D eigenvalue weighted by Gasteiger charge is 2.34. The summed E-state index contributed by atoms with van der Waals surface area (Å²) >= 11 is 0. The van der Waals surface area contributed by atoms with Crippen molar-refractivity contribution in [1.29, 1.82) is 0 Å². The molecule has 0 bridgehead atoms. The number of nitrogens with zero attached hydrogens (tertiary/aromatic N) is 1. The zero-order valence-corrected chi connectivity index (χ0v) is 13.9. The fourth-order valence-electron chi connectivity index (χ4n) is 2.88. The Balaban J connectivity index is 1.80. The van der Waals surface area contributed by atoms with Crippen molar-refractivity contribution in [2.75, 3.05) is 40.0 Å². The van der Waals surface area contributed by atoms with Gasteiger partial charge >= 0.3 is 0 Å². The summed E-state index contributed by atoms with van der Waals surface area (Å²) in [5.74, 6) is -0.518. The lowest BCUT2D eigenvalue weighted by atomic mass is 9.84. The minimum absolute atomic E-state index is 0.0714. The number of aliphatic hydroxyl groups excluding tert-OH is 1. The lowest BCUT2D eigenvalue weighted by Crippen LogP contribution is -2.45. The fraction of sp³-hybridized carbons (Fsp3) is 0.588. The van der Waals surface area contributed by atoms with E-state index in [4.69, 9.17) is 4.74 Å². The molecule has 1 unspecified atom stereocenters. The Kier molecular flexibility index (Phi) is 6.93. The molecule has 134 valence electrons. The predicted molar refractivity (Wildman–Crippen MR) is 89.0 cm³/mol. The van der Waals surface area contributed by atoms with Crippen LogP contribution in [0.15, 0.2) is 23.2 Å². The number of aliphatic hydroxyl groups is 1. The van der Waals surface area contributed by atoms with E-state index in [1.54, 1.807) is 7.05 Å². The molecule has 5 nitrogen and oxygen atoms in total. The normalized spacial score (nSPS) is 21.1. The van der Waals surface area contributed by atoms with Gasteiger partial charge in [0.25, 0.3) is 0 Å². The summed E-state index contributed by atoms with van der Waals surface area (Å²) in [5, 5.41) is 15.6. The Hall–Kier alpha value is -1.73. The van der Waals surface area contributed by atoms with Crippen molar-refractivity contribution in [3.8, 4) is 0 Å². The lowest BCUT2D eigenvalue weighted by molar-refractivity contribution is 0.127. The molecule has 0 radical (unpaired) electrons. The number of aliphatic imine (C=N–C) groups is 1. The minimum Gasteiger partial charge on any atom is -0.396 e. The van der Waals surface area contributed by atoms with E-state index in [1.165, 1.54) is 12.1 Å². The van der Waals surface area contributed by atoms with E-state index in [-0.39, 0.29) is 12.0 Å². The smallest absolute Gasteiger partial charge is 0.191 e. The summed E-state index contributed by atoms with van der Waals surface area (Å²) < 4.78 is 31.8. The minimum atomic E-state index is -0.570. The van der Waals surface area contributed by atoms with Crippen LogP contribution in [0.3, 0.4) is 0 Å². The summed E-state index contributed by atoms with van der Waals surface area (Å²) in [4.78, 5) is 4.15. The van der Waals surface area contributed by atoms with Crippen molar-refractivity contribution >= 4 is 5.96 Å². The van der Waals surface area contributed by atoms with Gasteiger partial charge < -0.3 is 20.5 Å². The molecule has 0 aliphatic carbocycles. The number of benzene rings is 1. The number of rotatable bonds is 7. The molecule has 1 aromatic rings. The molecule has 3 N–H and O–H groups in total. The molecule has 0 amide bonds. The van der Waals surface area contributed by atoms with E-state index in [9.17, 15) is 13.9 Å². The quantitative estimate of drug-likeness (QED) is 0.519. The molecule has 1 saturated heterocycles. The molecular formula is C17H25F2N3O2. The van der Waals surface area contributed by atoms with Gasteiger partial charge in [-0.25, -0.2) is 8.78 Å². The molecule has 1 aliphatic heterocycles. The van der Waals surface area contributed by atoms with Crippen molar-refractivity contribution in [2.45, 2.75) is 19.3 Å². The summed E-state index contributed by atoms with van der Waals surface area (Å²) in [6.07, 6.45) is 2.07. The maximum absolute atomic E-state index is 13.2. The van der Waals surface area contributed by atoms with Crippen LogP contribution in [0.25, 0.3) is 0 Å². The number of hydrogen-bond donors (Lipinski definition) is 3. The van der Waals surface area contributed by atoms with Crippen molar-refractivity contribution in [2.24, 2.45) is 10.4 Å². The molecule has 1 heterocycles. The molecule has 7 heteroatoms. The second-order valence-electron chi connectivity index (χ2n) is 6.16. The van der Waals surface area contributed by atoms with E-state index < -0.39 is 11.6 Å². The van der Waals surface area contributed by atoms with E-state index in [1.807, 2.05) is 0 Å². The highest BCUT2D eigenvalue weighted by atomic mass is 19.1. The van der Waals surface area contributed by atoms with Gasteiger partial charge in [0.2, 0.25) is 0 Å². The first-order valence-electron chi connectivity index (χ1n) is 8.15. The van der Waals surface area contributed by atoms with Crippen LogP contribution in [0.1, 0.15) is 18.4 Å². The van der Waals surface area contributed by atoms with Crippen LogP contribution < -0.4 is 10.6 Å². The Morgan fingerprint density at radius 3 is 2.62 bits per heavy atom. The second kappa shape index (κ2) is 8.94. The maximum atomic E-state index is 13.2. The zero-order chi connectivity index (χ0) is 17.4. The molecule has 1 aromatic carbocycles. The first-order chi connectivity index (χ1) is 11.6. The molecule has 0 saturated carbocycles. The van der Waals surface area contributed by atoms with Crippen LogP contribution in [0.2, 0.25) is 0 Å². The average molecular weight is 341 g/mol. The van der Waals surface area contributed by atoms with Crippen molar-refractivity contribution < 1.29 is 18.6 Å². The van der Waals surface area contributed by atoms with Crippen LogP contribution in [-0.2, 0) is 11.2 Å². The number of hydrogen-bond acceptors (Lipinski definition) is 3. The SMILES string of the molecule is CN=C(NCCc1cc(F)cc(F)c1)NCC1(CCO)CCOC1. The summed E-state index contributed by atoms with van der Waals surface area (Å²) in [5.41, 5.74) is 0.523. The third kappa shape index (κ3) is 5.42. The maximum Gasteiger partial charge on any atom is 0.191 e. The van der Waals surface area contributed by atoms with Crippen molar-refractivity contribution in [1.82, 2.24) is 10.6 Å². The largest absolute Gasteiger partial charge is 0.396 e. The average Bonchev–Trinajstić information content (AvgIpc) is 2.99. The highest BCUT2D eigenvalue weighted by Crippen LogP contribution is 2.31. The van der Waals surface area contributed by atoms with Gasteiger partial charge in [-0.2, -0.15) is 0 Å². The van der Waals surface area contributed by atoms with E-state index in [0.717, 1.165) is 12.5 Å². The molecule has 0 spiro atoms. The summed E-state index contributed by atoms with van der Waals surface area (Å²) in [6.45, 7) is 2.62. The Labute approximate surface area is 141 Å². The van der Waals surface area contributed by atoms with E-state index >= 15 is 0 Å². The monoisotopic (exact) mass is 341 g/mol. The molecular weight excluding hydrogens is 316 g/mol. The van der Waals surface area contributed by atoms with Crippen LogP contribution in [0.4, 0.5) is 8.78 Å². The van der Waals surface area contributed by atoms with Gasteiger partial charge in [-0.1, -0.05) is 0 Å². The van der Waals surface area contributed by atoms with Crippen LogP contribution in [-0.4, -0.2) is 51.0 Å². The molecule has 1 atom stereocenters. The number of ether oxygens (including phenoxy) is 1. The number of halogens is 2. The molecule has 1 fully saturated rings. The topological polar surface area (TPSA) is 65.9 Å². The van der Waals surface area contributed by atoms with Crippen molar-refractivity contribution in [3.63, 3.8) is 0 Å². The first kappa shape index (κ1) is 18.6. The molecule has 24 heavy (non-hydrogen) atoms. The summed E-state index contributed by atoms with van der Waals surface area (Å²) in [7, 11) is 1.67. The molecule has 1 aliphatic rings. The van der Waals surface area contributed by atoms with Gasteiger partial charge in [0, 0.05) is 44.8 Å². The lowest BCUT2D eigenvalue weighted by Gasteiger charge is -2.27. The zero-order valence-electron chi connectivity index (χ0n) is 13.9. The number of guanidine groups is 1. The number of nitrogens with one attached hydrogen (secondary N) is 2. The van der Waals surface area contributed by atoms with Gasteiger partial charge in [-0.05, 0) is 37.0 Å². The van der Waals surface area contributed by atoms with Crippen LogP contribution >= 0.6 is 0 Å². The van der Waals surface area contributed by atoms with Crippen LogP contribution in [0, 0.1) is 17.0 Å². The Morgan fingerprint density at radius 1 is 1.29 bits per heavy atom. The van der Waals surface area contributed by atoms with Crippen LogP contribution in [0.5, 0.6) is 0 Å². The Morgan fingerprint density at radius 2 is 2.04 bits per heavy atom. The highest BCUT2D eigenvalue weighted by molar-refractivity contribution is 5.79. The van der Waals surface area contributed by atoms with Gasteiger partial charge in [-0.15, -0.1) is 0 Å². The molecule has 0 aromatic heterocycles. The van der Waals surface area contributed by atoms with E-state index in [2.05, 4.69) is 15.6 Å². The second-order valence-corrected chi connectivity index (χ2v) is 6.16. The standard InChI is InChI=1S/C17H25F2N3O2/c1-20-16(22-11-17(3-6-23)4-7-24-12-17)21-5-2-13-8-14(18)10-15(19)9-13/h8-10,23H,2-7,11-12H2,1H3,(H2,20,21,22). The predicted octanol–water partition coefficient (Wildman–Crippen LogP) is 1.46. The Bertz CT molecular complexity index is 541. The van der Waals surface area contributed by atoms with Crippen molar-refractivity contribution in [3.05, 3.63) is 35.4 Å². The van der Waals surface area contributed by atoms with Gasteiger partial charge in [0.05, 0.1) is 6.61 Å². The van der Waals surface area contributed by atoms with E-state index in [0.29, 0.717) is 50.7 Å². The third-order valence-electron chi connectivity index (χ3n) is 4.31. The molecule has 2 rings (SSSR count). The fourth-order valence-corrected chi connectivity index (χ4v) is 2.88.